The van der Waals surface area contributed by atoms with E-state index in [0.29, 0.717) is 13.2 Å². The molecular formula is C24H30N2O3. The summed E-state index contributed by atoms with van der Waals surface area (Å²) in [5, 5.41) is 2.99. The molecule has 1 N–H and O–H groups in total. The number of hydrogen-bond acceptors (Lipinski definition) is 3. The molecule has 1 fully saturated rings. The third-order valence-corrected chi connectivity index (χ3v) is 5.52. The third kappa shape index (κ3) is 5.83. The second-order valence-electron chi connectivity index (χ2n) is 7.68. The van der Waals surface area contributed by atoms with E-state index in [4.69, 9.17) is 4.74 Å². The predicted octanol–water partition coefficient (Wildman–Crippen LogP) is 4.49. The van der Waals surface area contributed by atoms with Gasteiger partial charge in [-0.05, 0) is 62.4 Å². The fourth-order valence-electron chi connectivity index (χ4n) is 3.89. The molecule has 5 heteroatoms. The summed E-state index contributed by atoms with van der Waals surface area (Å²) in [5.41, 5.74) is 1.91. The molecule has 154 valence electrons. The van der Waals surface area contributed by atoms with Crippen LogP contribution < -0.4 is 10.1 Å². The quantitative estimate of drug-likeness (QED) is 0.753. The summed E-state index contributed by atoms with van der Waals surface area (Å²) in [6, 6.07) is 17.5. The zero-order valence-electron chi connectivity index (χ0n) is 17.3. The van der Waals surface area contributed by atoms with Crippen molar-refractivity contribution in [3.05, 3.63) is 60.2 Å². The summed E-state index contributed by atoms with van der Waals surface area (Å²) in [5.74, 6) is 0.990. The summed E-state index contributed by atoms with van der Waals surface area (Å²) in [6.45, 7) is 3.18. The van der Waals surface area contributed by atoms with E-state index in [1.807, 2.05) is 68.6 Å². The van der Waals surface area contributed by atoms with E-state index in [1.165, 1.54) is 0 Å². The van der Waals surface area contributed by atoms with Gasteiger partial charge in [0.1, 0.15) is 5.75 Å². The van der Waals surface area contributed by atoms with Gasteiger partial charge in [-0.3, -0.25) is 9.59 Å². The van der Waals surface area contributed by atoms with Crippen LogP contribution in [0.2, 0.25) is 0 Å². The standard InChI is InChI=1S/C24H30N2O3/c1-3-29-22-15-13-21(14-16-22)25-23(27)19-9-11-20(12-10-19)24(28)26(2)17-18-7-5-4-6-8-18/h4-8,13-16,19-20H,3,9-12,17H2,1-2H3,(H,25,27). The van der Waals surface area contributed by atoms with Crippen molar-refractivity contribution in [3.8, 4) is 5.75 Å². The average molecular weight is 395 g/mol. The van der Waals surface area contributed by atoms with Crippen LogP contribution in [0.4, 0.5) is 5.69 Å². The lowest BCUT2D eigenvalue weighted by atomic mass is 9.81. The Balaban J connectivity index is 1.46. The Labute approximate surface area is 173 Å². The van der Waals surface area contributed by atoms with Crippen LogP contribution >= 0.6 is 0 Å². The van der Waals surface area contributed by atoms with Gasteiger partial charge in [0.25, 0.3) is 0 Å². The van der Waals surface area contributed by atoms with Crippen molar-refractivity contribution >= 4 is 17.5 Å². The van der Waals surface area contributed by atoms with Gasteiger partial charge in [0.2, 0.25) is 11.8 Å². The Hall–Kier alpha value is -2.82. The summed E-state index contributed by atoms with van der Waals surface area (Å²) < 4.78 is 5.42. The van der Waals surface area contributed by atoms with E-state index in [-0.39, 0.29) is 23.7 Å². The smallest absolute Gasteiger partial charge is 0.227 e. The van der Waals surface area contributed by atoms with E-state index in [1.54, 1.807) is 4.90 Å². The number of benzene rings is 2. The Kier molecular flexibility index (Phi) is 7.28. The maximum atomic E-state index is 12.8. The van der Waals surface area contributed by atoms with Crippen molar-refractivity contribution in [3.63, 3.8) is 0 Å². The van der Waals surface area contributed by atoms with Gasteiger partial charge in [-0.1, -0.05) is 30.3 Å². The van der Waals surface area contributed by atoms with Gasteiger partial charge < -0.3 is 15.0 Å². The van der Waals surface area contributed by atoms with E-state index >= 15 is 0 Å². The molecule has 0 aromatic heterocycles. The van der Waals surface area contributed by atoms with Crippen molar-refractivity contribution in [2.75, 3.05) is 19.0 Å². The molecular weight excluding hydrogens is 364 g/mol. The topological polar surface area (TPSA) is 58.6 Å². The monoisotopic (exact) mass is 394 g/mol. The molecule has 1 aliphatic carbocycles. The summed E-state index contributed by atoms with van der Waals surface area (Å²) in [4.78, 5) is 27.2. The highest BCUT2D eigenvalue weighted by atomic mass is 16.5. The molecule has 29 heavy (non-hydrogen) atoms. The first-order valence-electron chi connectivity index (χ1n) is 10.4. The van der Waals surface area contributed by atoms with Crippen molar-refractivity contribution in [2.45, 2.75) is 39.2 Å². The zero-order valence-corrected chi connectivity index (χ0v) is 17.3. The number of amides is 2. The lowest BCUT2D eigenvalue weighted by Crippen LogP contribution is -2.36. The van der Waals surface area contributed by atoms with Crippen LogP contribution in [0.3, 0.4) is 0 Å². The van der Waals surface area contributed by atoms with Crippen molar-refractivity contribution < 1.29 is 14.3 Å². The van der Waals surface area contributed by atoms with Crippen LogP contribution in [0.15, 0.2) is 54.6 Å². The highest BCUT2D eigenvalue weighted by molar-refractivity contribution is 5.92. The zero-order chi connectivity index (χ0) is 20.6. The Bertz CT molecular complexity index is 797. The lowest BCUT2D eigenvalue weighted by Gasteiger charge is -2.30. The van der Waals surface area contributed by atoms with Gasteiger partial charge in [-0.25, -0.2) is 0 Å². The van der Waals surface area contributed by atoms with E-state index in [0.717, 1.165) is 42.7 Å². The van der Waals surface area contributed by atoms with Crippen LogP contribution in [0.25, 0.3) is 0 Å². The maximum Gasteiger partial charge on any atom is 0.227 e. The SMILES string of the molecule is CCOc1ccc(NC(=O)C2CCC(C(=O)N(C)Cc3ccccc3)CC2)cc1. The normalized spacial score (nSPS) is 18.7. The number of nitrogens with zero attached hydrogens (tertiary/aromatic N) is 1. The van der Waals surface area contributed by atoms with E-state index < -0.39 is 0 Å². The molecule has 2 aromatic carbocycles. The Morgan fingerprint density at radius 3 is 2.21 bits per heavy atom. The van der Waals surface area contributed by atoms with Gasteiger partial charge in [0.15, 0.2) is 0 Å². The number of ether oxygens (including phenoxy) is 1. The van der Waals surface area contributed by atoms with Gasteiger partial charge >= 0.3 is 0 Å². The van der Waals surface area contributed by atoms with Crippen LogP contribution in [-0.4, -0.2) is 30.4 Å². The molecule has 1 saturated carbocycles. The van der Waals surface area contributed by atoms with Crippen molar-refractivity contribution in [2.24, 2.45) is 11.8 Å². The molecule has 1 aliphatic rings. The Morgan fingerprint density at radius 2 is 1.59 bits per heavy atom. The summed E-state index contributed by atoms with van der Waals surface area (Å²) in [7, 11) is 1.86. The number of anilines is 1. The van der Waals surface area contributed by atoms with Gasteiger partial charge in [-0.2, -0.15) is 0 Å². The van der Waals surface area contributed by atoms with Gasteiger partial charge in [0, 0.05) is 31.1 Å². The minimum absolute atomic E-state index is 0.0123. The summed E-state index contributed by atoms with van der Waals surface area (Å²) in [6.07, 6.45) is 3.02. The third-order valence-electron chi connectivity index (χ3n) is 5.52. The highest BCUT2D eigenvalue weighted by Gasteiger charge is 2.31. The minimum Gasteiger partial charge on any atom is -0.494 e. The summed E-state index contributed by atoms with van der Waals surface area (Å²) >= 11 is 0. The number of hydrogen-bond donors (Lipinski definition) is 1. The molecule has 3 rings (SSSR count). The van der Waals surface area contributed by atoms with Gasteiger partial charge in [-0.15, -0.1) is 0 Å². The van der Waals surface area contributed by atoms with E-state index in [2.05, 4.69) is 5.32 Å². The molecule has 0 unspecified atom stereocenters. The van der Waals surface area contributed by atoms with Crippen LogP contribution in [-0.2, 0) is 16.1 Å². The molecule has 0 spiro atoms. The number of carbonyl (C=O) groups excluding carboxylic acids is 2. The van der Waals surface area contributed by atoms with E-state index in [9.17, 15) is 9.59 Å². The van der Waals surface area contributed by atoms with Crippen molar-refractivity contribution in [1.29, 1.82) is 0 Å². The van der Waals surface area contributed by atoms with Crippen LogP contribution in [0.5, 0.6) is 5.75 Å². The number of nitrogens with one attached hydrogen (secondary N) is 1. The van der Waals surface area contributed by atoms with Crippen LogP contribution in [0.1, 0.15) is 38.2 Å². The molecule has 0 atom stereocenters. The predicted molar refractivity (Wildman–Crippen MR) is 115 cm³/mol. The lowest BCUT2D eigenvalue weighted by molar-refractivity contribution is -0.137. The molecule has 2 amide bonds. The Morgan fingerprint density at radius 1 is 0.966 bits per heavy atom. The molecule has 0 aliphatic heterocycles. The van der Waals surface area contributed by atoms with Crippen molar-refractivity contribution in [1.82, 2.24) is 4.90 Å². The second kappa shape index (κ2) is 10.1. The molecule has 0 bridgehead atoms. The first-order valence-corrected chi connectivity index (χ1v) is 10.4. The molecule has 5 nitrogen and oxygen atoms in total. The van der Waals surface area contributed by atoms with Gasteiger partial charge in [0.05, 0.1) is 6.61 Å². The first-order chi connectivity index (χ1) is 14.1. The highest BCUT2D eigenvalue weighted by Crippen LogP contribution is 2.31. The molecule has 0 heterocycles. The fourth-order valence-corrected chi connectivity index (χ4v) is 3.89. The van der Waals surface area contributed by atoms with Crippen LogP contribution in [0, 0.1) is 11.8 Å². The second-order valence-corrected chi connectivity index (χ2v) is 7.68. The fraction of sp³-hybridized carbons (Fsp3) is 0.417. The first kappa shape index (κ1) is 20.9. The molecule has 2 aromatic rings. The average Bonchev–Trinajstić information content (AvgIpc) is 2.75. The number of carbonyl (C=O) groups is 2. The molecule has 0 radical (unpaired) electrons. The minimum atomic E-state index is -0.0370. The molecule has 0 saturated heterocycles. The number of rotatable bonds is 7. The largest absolute Gasteiger partial charge is 0.494 e. The maximum absolute atomic E-state index is 12.8.